The molecule has 0 spiro atoms. The molecule has 0 radical (unpaired) electrons. The molecular formula is C19H21N5O2. The van der Waals surface area contributed by atoms with Gasteiger partial charge in [-0.2, -0.15) is 4.68 Å². The van der Waals surface area contributed by atoms with Crippen molar-refractivity contribution in [1.29, 1.82) is 0 Å². The lowest BCUT2D eigenvalue weighted by molar-refractivity contribution is 0.110. The normalized spacial score (nSPS) is 16.7. The molecule has 1 N–H and O–H groups in total. The Balaban J connectivity index is 1.35. The summed E-state index contributed by atoms with van der Waals surface area (Å²) >= 11 is 0. The molecule has 0 amide bonds. The van der Waals surface area contributed by atoms with E-state index in [0.717, 1.165) is 31.8 Å². The van der Waals surface area contributed by atoms with E-state index in [0.29, 0.717) is 17.9 Å². The average molecular weight is 351 g/mol. The van der Waals surface area contributed by atoms with Crippen molar-refractivity contribution in [3.05, 3.63) is 60.2 Å². The number of nitrogens with zero attached hydrogens (tertiary/aromatic N) is 4. The van der Waals surface area contributed by atoms with Gasteiger partial charge in [0.25, 0.3) is 0 Å². The van der Waals surface area contributed by atoms with Crippen LogP contribution in [0.4, 0.5) is 0 Å². The monoisotopic (exact) mass is 351 g/mol. The van der Waals surface area contributed by atoms with Gasteiger partial charge in [0.05, 0.1) is 11.8 Å². The fourth-order valence-electron chi connectivity index (χ4n) is 2.94. The third kappa shape index (κ3) is 4.07. The van der Waals surface area contributed by atoms with Gasteiger partial charge in [0.2, 0.25) is 0 Å². The van der Waals surface area contributed by atoms with Gasteiger partial charge in [0.15, 0.2) is 0 Å². The van der Waals surface area contributed by atoms with E-state index >= 15 is 0 Å². The number of para-hydroxylation sites is 1. The van der Waals surface area contributed by atoms with Crippen LogP contribution in [0, 0.1) is 0 Å². The number of ether oxygens (including phenoxy) is 2. The van der Waals surface area contributed by atoms with Crippen molar-refractivity contribution in [2.24, 2.45) is 0 Å². The largest absolute Gasteiger partial charge is 0.423 e. The molecule has 3 aromatic rings. The van der Waals surface area contributed by atoms with E-state index < -0.39 is 0 Å². The highest BCUT2D eigenvalue weighted by molar-refractivity contribution is 5.34. The van der Waals surface area contributed by atoms with Gasteiger partial charge in [-0.1, -0.05) is 35.4 Å². The van der Waals surface area contributed by atoms with Crippen LogP contribution in [0.3, 0.4) is 0 Å². The van der Waals surface area contributed by atoms with Crippen molar-refractivity contribution in [2.45, 2.75) is 25.5 Å². The van der Waals surface area contributed by atoms with Gasteiger partial charge < -0.3 is 14.8 Å². The number of benzene rings is 2. The van der Waals surface area contributed by atoms with E-state index in [9.17, 15) is 0 Å². The molecule has 0 saturated carbocycles. The minimum atomic E-state index is 0.334. The molecule has 7 nitrogen and oxygen atoms in total. The second-order valence-corrected chi connectivity index (χ2v) is 6.22. The summed E-state index contributed by atoms with van der Waals surface area (Å²) in [5.74, 6) is 0.694. The summed E-state index contributed by atoms with van der Waals surface area (Å²) in [6.07, 6.45) is 2.67. The number of hydrogen-bond donors (Lipinski definition) is 1. The molecule has 1 fully saturated rings. The maximum atomic E-state index is 5.83. The molecule has 1 aliphatic heterocycles. The van der Waals surface area contributed by atoms with E-state index in [-0.39, 0.29) is 0 Å². The van der Waals surface area contributed by atoms with Gasteiger partial charge >= 0.3 is 6.01 Å². The summed E-state index contributed by atoms with van der Waals surface area (Å²) in [6.45, 7) is 2.59. The molecular weight excluding hydrogens is 330 g/mol. The summed E-state index contributed by atoms with van der Waals surface area (Å²) in [5.41, 5.74) is 2.04. The lowest BCUT2D eigenvalue weighted by Gasteiger charge is -2.11. The average Bonchev–Trinajstić information content (AvgIpc) is 3.36. The fourth-order valence-corrected chi connectivity index (χ4v) is 2.94. The first-order chi connectivity index (χ1) is 12.9. The molecule has 1 atom stereocenters. The first-order valence-corrected chi connectivity index (χ1v) is 8.81. The number of tetrazole rings is 1. The minimum Gasteiger partial charge on any atom is -0.423 e. The number of hydrogen-bond acceptors (Lipinski definition) is 6. The molecule has 0 bridgehead atoms. The Kier molecular flexibility index (Phi) is 5.18. The predicted molar refractivity (Wildman–Crippen MR) is 96.4 cm³/mol. The summed E-state index contributed by atoms with van der Waals surface area (Å²) in [6, 6.07) is 17.9. The van der Waals surface area contributed by atoms with E-state index in [1.807, 2.05) is 54.6 Å². The first kappa shape index (κ1) is 16.7. The molecule has 7 heteroatoms. The molecule has 1 unspecified atom stereocenters. The van der Waals surface area contributed by atoms with Crippen LogP contribution in [-0.4, -0.2) is 39.5 Å². The van der Waals surface area contributed by atoms with E-state index in [1.165, 1.54) is 12.0 Å². The van der Waals surface area contributed by atoms with Crippen LogP contribution >= 0.6 is 0 Å². The second kappa shape index (κ2) is 8.07. The van der Waals surface area contributed by atoms with Crippen molar-refractivity contribution < 1.29 is 9.47 Å². The maximum Gasteiger partial charge on any atom is 0.345 e. The van der Waals surface area contributed by atoms with Crippen LogP contribution in [0.2, 0.25) is 0 Å². The van der Waals surface area contributed by atoms with Crippen molar-refractivity contribution >= 4 is 0 Å². The Morgan fingerprint density at radius 1 is 1.12 bits per heavy atom. The first-order valence-electron chi connectivity index (χ1n) is 8.81. The molecule has 1 saturated heterocycles. The van der Waals surface area contributed by atoms with Crippen LogP contribution < -0.4 is 10.1 Å². The van der Waals surface area contributed by atoms with Crippen molar-refractivity contribution in [1.82, 2.24) is 25.5 Å². The highest BCUT2D eigenvalue weighted by Gasteiger charge is 2.14. The van der Waals surface area contributed by atoms with Crippen molar-refractivity contribution in [3.8, 4) is 17.4 Å². The SMILES string of the molecule is c1ccc(-n2nnnc2Oc2ccc(CNCC3CCCO3)cc2)cc1. The molecule has 4 rings (SSSR count). The zero-order valence-electron chi connectivity index (χ0n) is 14.4. The predicted octanol–water partition coefficient (Wildman–Crippen LogP) is 2.72. The van der Waals surface area contributed by atoms with Gasteiger partial charge in [-0.25, -0.2) is 0 Å². The summed E-state index contributed by atoms with van der Waals surface area (Å²) in [4.78, 5) is 0. The summed E-state index contributed by atoms with van der Waals surface area (Å²) in [7, 11) is 0. The zero-order chi connectivity index (χ0) is 17.6. The van der Waals surface area contributed by atoms with Gasteiger partial charge in [-0.3, -0.25) is 0 Å². The quantitative estimate of drug-likeness (QED) is 0.705. The maximum absolute atomic E-state index is 5.83. The van der Waals surface area contributed by atoms with E-state index in [2.05, 4.69) is 20.8 Å². The molecule has 1 aromatic heterocycles. The van der Waals surface area contributed by atoms with Crippen LogP contribution in [0.15, 0.2) is 54.6 Å². The summed E-state index contributed by atoms with van der Waals surface area (Å²) in [5, 5.41) is 15.1. The lowest BCUT2D eigenvalue weighted by atomic mass is 10.2. The fraction of sp³-hybridized carbons (Fsp3) is 0.316. The van der Waals surface area contributed by atoms with Gasteiger partial charge in [0.1, 0.15) is 5.75 Å². The third-order valence-corrected chi connectivity index (χ3v) is 4.30. The van der Waals surface area contributed by atoms with E-state index in [4.69, 9.17) is 9.47 Å². The van der Waals surface area contributed by atoms with Gasteiger partial charge in [-0.05, 0) is 53.1 Å². The van der Waals surface area contributed by atoms with Crippen molar-refractivity contribution in [2.75, 3.05) is 13.2 Å². The van der Waals surface area contributed by atoms with Gasteiger partial charge in [0, 0.05) is 19.7 Å². The lowest BCUT2D eigenvalue weighted by Crippen LogP contribution is -2.25. The molecule has 2 aromatic carbocycles. The molecule has 1 aliphatic rings. The Bertz CT molecular complexity index is 813. The van der Waals surface area contributed by atoms with Crippen molar-refractivity contribution in [3.63, 3.8) is 0 Å². The zero-order valence-corrected chi connectivity index (χ0v) is 14.4. The van der Waals surface area contributed by atoms with E-state index in [1.54, 1.807) is 4.68 Å². The summed E-state index contributed by atoms with van der Waals surface area (Å²) < 4.78 is 13.0. The molecule has 2 heterocycles. The number of aromatic nitrogens is 4. The van der Waals surface area contributed by atoms with Crippen LogP contribution in [0.1, 0.15) is 18.4 Å². The Morgan fingerprint density at radius 2 is 1.96 bits per heavy atom. The topological polar surface area (TPSA) is 74.1 Å². The third-order valence-electron chi connectivity index (χ3n) is 4.30. The Hall–Kier alpha value is -2.77. The highest BCUT2D eigenvalue weighted by Crippen LogP contribution is 2.21. The van der Waals surface area contributed by atoms with Gasteiger partial charge in [-0.15, -0.1) is 0 Å². The standard InChI is InChI=1S/C19H21N5O2/c1-2-5-16(6-3-1)24-19(21-22-23-24)26-17-10-8-15(9-11-17)13-20-14-18-7-4-12-25-18/h1-3,5-6,8-11,18,20H,4,7,12-14H2. The second-order valence-electron chi connectivity index (χ2n) is 6.22. The Labute approximate surface area is 151 Å². The minimum absolute atomic E-state index is 0.334. The molecule has 0 aliphatic carbocycles. The number of nitrogens with one attached hydrogen (secondary N) is 1. The van der Waals surface area contributed by atoms with Crippen LogP contribution in [-0.2, 0) is 11.3 Å². The molecule has 26 heavy (non-hydrogen) atoms. The van der Waals surface area contributed by atoms with Crippen LogP contribution in [0.25, 0.3) is 5.69 Å². The number of rotatable bonds is 7. The molecule has 134 valence electrons. The Morgan fingerprint density at radius 3 is 2.73 bits per heavy atom. The van der Waals surface area contributed by atoms with Crippen LogP contribution in [0.5, 0.6) is 11.8 Å². The highest BCUT2D eigenvalue weighted by atomic mass is 16.5. The smallest absolute Gasteiger partial charge is 0.345 e.